The molecule has 112 valence electrons. The summed E-state index contributed by atoms with van der Waals surface area (Å²) in [6.45, 7) is 2.63. The average Bonchev–Trinajstić information content (AvgIpc) is 3.17. The number of nitrogens with zero attached hydrogens (tertiary/aromatic N) is 2. The molecule has 1 saturated heterocycles. The van der Waals surface area contributed by atoms with Crippen molar-refractivity contribution >= 4 is 44.5 Å². The predicted octanol–water partition coefficient (Wildman–Crippen LogP) is 3.32. The first kappa shape index (κ1) is 15.1. The molecule has 2 aromatic heterocycles. The number of rotatable bonds is 4. The Balaban J connectivity index is 1.70. The summed E-state index contributed by atoms with van der Waals surface area (Å²) in [6.07, 6.45) is 1.07. The van der Waals surface area contributed by atoms with Crippen LogP contribution in [0.25, 0.3) is 9.88 Å². The zero-order valence-corrected chi connectivity index (χ0v) is 14.9. The fourth-order valence-corrected chi connectivity index (χ4v) is 4.80. The van der Waals surface area contributed by atoms with E-state index in [-0.39, 0.29) is 5.91 Å². The van der Waals surface area contributed by atoms with Crippen LogP contribution in [0.1, 0.15) is 16.9 Å². The highest BCUT2D eigenvalue weighted by Gasteiger charge is 2.27. The van der Waals surface area contributed by atoms with Crippen LogP contribution in [0.3, 0.4) is 0 Å². The van der Waals surface area contributed by atoms with Gasteiger partial charge in [-0.2, -0.15) is 0 Å². The van der Waals surface area contributed by atoms with E-state index in [0.29, 0.717) is 11.6 Å². The fraction of sp³-hybridized carbons (Fsp3) is 0.429. The smallest absolute Gasteiger partial charge is 0.273 e. The molecule has 4 nitrogen and oxygen atoms in total. The van der Waals surface area contributed by atoms with Gasteiger partial charge in [0.05, 0.1) is 8.66 Å². The van der Waals surface area contributed by atoms with E-state index < -0.39 is 0 Å². The number of nitrogens with one attached hydrogen (secondary N) is 1. The zero-order valence-electron chi connectivity index (χ0n) is 11.6. The van der Waals surface area contributed by atoms with Crippen molar-refractivity contribution in [3.63, 3.8) is 0 Å². The van der Waals surface area contributed by atoms with Gasteiger partial charge in [0.2, 0.25) is 0 Å². The first-order chi connectivity index (χ1) is 10.2. The number of aromatic nitrogens is 1. The summed E-state index contributed by atoms with van der Waals surface area (Å²) < 4.78 is 1.08. The number of thiophene rings is 1. The Morgan fingerprint density at radius 1 is 1.57 bits per heavy atom. The molecule has 7 heteroatoms. The Morgan fingerprint density at radius 2 is 2.43 bits per heavy atom. The van der Waals surface area contributed by atoms with Gasteiger partial charge in [-0.1, -0.05) is 0 Å². The lowest BCUT2D eigenvalue weighted by Gasteiger charge is -2.14. The summed E-state index contributed by atoms with van der Waals surface area (Å²) in [6, 6.07) is 4.03. The Morgan fingerprint density at radius 3 is 3.14 bits per heavy atom. The first-order valence-corrected chi connectivity index (χ1v) is 9.31. The third-order valence-corrected chi connectivity index (χ3v) is 6.21. The standard InChI is InChI=1S/C14H16BrN3OS2/c1-16-6-9-4-5-18(7-9)14(19)10-8-20-13(17-10)11-2-3-12(15)21-11/h2-3,8-9,16H,4-7H2,1H3. The summed E-state index contributed by atoms with van der Waals surface area (Å²) in [4.78, 5) is 20.0. The third-order valence-electron chi connectivity index (χ3n) is 3.57. The van der Waals surface area contributed by atoms with Gasteiger partial charge in [0, 0.05) is 18.5 Å². The molecular formula is C14H16BrN3OS2. The molecule has 1 N–H and O–H groups in total. The Bertz CT molecular complexity index is 640. The lowest BCUT2D eigenvalue weighted by molar-refractivity contribution is 0.0782. The van der Waals surface area contributed by atoms with Crippen molar-refractivity contribution in [1.82, 2.24) is 15.2 Å². The lowest BCUT2D eigenvalue weighted by atomic mass is 10.1. The number of thiazole rings is 1. The number of amides is 1. The van der Waals surface area contributed by atoms with E-state index in [0.717, 1.165) is 39.7 Å². The van der Waals surface area contributed by atoms with Gasteiger partial charge in [-0.3, -0.25) is 4.79 Å². The van der Waals surface area contributed by atoms with Gasteiger partial charge >= 0.3 is 0 Å². The van der Waals surface area contributed by atoms with Crippen molar-refractivity contribution in [2.75, 3.05) is 26.7 Å². The van der Waals surface area contributed by atoms with Crippen LogP contribution >= 0.6 is 38.6 Å². The Kier molecular flexibility index (Phi) is 4.73. The van der Waals surface area contributed by atoms with E-state index in [9.17, 15) is 4.79 Å². The molecule has 1 atom stereocenters. The summed E-state index contributed by atoms with van der Waals surface area (Å²) in [5, 5.41) is 5.97. The van der Waals surface area contributed by atoms with Gasteiger partial charge in [-0.05, 0) is 54.0 Å². The maximum Gasteiger partial charge on any atom is 0.273 e. The normalized spacial score (nSPS) is 18.4. The van der Waals surface area contributed by atoms with Gasteiger partial charge in [-0.25, -0.2) is 4.98 Å². The summed E-state index contributed by atoms with van der Waals surface area (Å²) in [7, 11) is 1.95. The molecule has 3 rings (SSSR count). The third kappa shape index (κ3) is 3.36. The Labute approximate surface area is 140 Å². The number of likely N-dealkylation sites (tertiary alicyclic amines) is 1. The van der Waals surface area contributed by atoms with Crippen molar-refractivity contribution in [2.24, 2.45) is 5.92 Å². The van der Waals surface area contributed by atoms with Crippen molar-refractivity contribution in [3.05, 3.63) is 27.0 Å². The minimum atomic E-state index is 0.0618. The van der Waals surface area contributed by atoms with Gasteiger partial charge < -0.3 is 10.2 Å². The zero-order chi connectivity index (χ0) is 14.8. The second kappa shape index (κ2) is 6.56. The molecule has 0 saturated carbocycles. The second-order valence-electron chi connectivity index (χ2n) is 5.11. The van der Waals surface area contributed by atoms with Crippen LogP contribution in [-0.4, -0.2) is 42.5 Å². The molecular weight excluding hydrogens is 370 g/mol. The van der Waals surface area contributed by atoms with Gasteiger partial charge in [0.1, 0.15) is 10.7 Å². The summed E-state index contributed by atoms with van der Waals surface area (Å²) in [5.74, 6) is 0.622. The summed E-state index contributed by atoms with van der Waals surface area (Å²) >= 11 is 6.62. The minimum absolute atomic E-state index is 0.0618. The quantitative estimate of drug-likeness (QED) is 0.877. The van der Waals surface area contributed by atoms with E-state index in [1.165, 1.54) is 11.3 Å². The molecule has 0 aliphatic carbocycles. The molecule has 0 bridgehead atoms. The van der Waals surface area contributed by atoms with Crippen LogP contribution in [0.5, 0.6) is 0 Å². The summed E-state index contributed by atoms with van der Waals surface area (Å²) in [5.41, 5.74) is 0.574. The van der Waals surface area contributed by atoms with Crippen LogP contribution in [-0.2, 0) is 0 Å². The van der Waals surface area contributed by atoms with Crippen molar-refractivity contribution in [1.29, 1.82) is 0 Å². The number of hydrogen-bond acceptors (Lipinski definition) is 5. The van der Waals surface area contributed by atoms with Gasteiger partial charge in [-0.15, -0.1) is 22.7 Å². The molecule has 2 aromatic rings. The highest BCUT2D eigenvalue weighted by molar-refractivity contribution is 9.11. The second-order valence-corrected chi connectivity index (χ2v) is 8.43. The maximum atomic E-state index is 12.5. The fourth-order valence-electron chi connectivity index (χ4n) is 2.55. The Hall–Kier alpha value is -0.760. The molecule has 3 heterocycles. The maximum absolute atomic E-state index is 12.5. The molecule has 1 aliphatic rings. The molecule has 1 unspecified atom stereocenters. The SMILES string of the molecule is CNCC1CCN(C(=O)c2csc(-c3ccc(Br)s3)n2)C1. The van der Waals surface area contributed by atoms with Crippen LogP contribution in [0.15, 0.2) is 21.3 Å². The number of hydrogen-bond donors (Lipinski definition) is 1. The molecule has 21 heavy (non-hydrogen) atoms. The van der Waals surface area contributed by atoms with E-state index in [4.69, 9.17) is 0 Å². The molecule has 0 radical (unpaired) electrons. The number of halogens is 1. The molecule has 1 aliphatic heterocycles. The molecule has 0 spiro atoms. The molecule has 1 fully saturated rings. The predicted molar refractivity (Wildman–Crippen MR) is 91.1 cm³/mol. The van der Waals surface area contributed by atoms with Crippen LogP contribution in [0.2, 0.25) is 0 Å². The number of carbonyl (C=O) groups excluding carboxylic acids is 1. The largest absolute Gasteiger partial charge is 0.337 e. The topological polar surface area (TPSA) is 45.2 Å². The highest BCUT2D eigenvalue weighted by atomic mass is 79.9. The highest BCUT2D eigenvalue weighted by Crippen LogP contribution is 2.33. The number of carbonyl (C=O) groups is 1. The van der Waals surface area contributed by atoms with E-state index >= 15 is 0 Å². The molecule has 1 amide bonds. The van der Waals surface area contributed by atoms with Gasteiger partial charge in [0.25, 0.3) is 5.91 Å². The minimum Gasteiger partial charge on any atom is -0.337 e. The van der Waals surface area contributed by atoms with Gasteiger partial charge in [0.15, 0.2) is 0 Å². The van der Waals surface area contributed by atoms with Crippen LogP contribution < -0.4 is 5.32 Å². The van der Waals surface area contributed by atoms with Crippen molar-refractivity contribution < 1.29 is 4.79 Å². The van der Waals surface area contributed by atoms with Crippen molar-refractivity contribution in [2.45, 2.75) is 6.42 Å². The van der Waals surface area contributed by atoms with Crippen molar-refractivity contribution in [3.8, 4) is 9.88 Å². The lowest BCUT2D eigenvalue weighted by Crippen LogP contribution is -2.30. The van der Waals surface area contributed by atoms with E-state index in [2.05, 4.69) is 26.2 Å². The molecule has 0 aromatic carbocycles. The van der Waals surface area contributed by atoms with E-state index in [1.807, 2.05) is 29.5 Å². The van der Waals surface area contributed by atoms with Crippen LogP contribution in [0.4, 0.5) is 0 Å². The first-order valence-electron chi connectivity index (χ1n) is 6.82. The monoisotopic (exact) mass is 385 g/mol. The average molecular weight is 386 g/mol. The van der Waals surface area contributed by atoms with E-state index in [1.54, 1.807) is 11.3 Å². The van der Waals surface area contributed by atoms with Crippen LogP contribution in [0, 0.1) is 5.92 Å².